The molecule has 0 aliphatic rings. The molecular weight excluding hydrogens is 260 g/mol. The molecule has 6 heteroatoms. The van der Waals surface area contributed by atoms with Gasteiger partial charge in [0.25, 0.3) is 0 Å². The lowest BCUT2D eigenvalue weighted by molar-refractivity contribution is 0.393. The summed E-state index contributed by atoms with van der Waals surface area (Å²) >= 11 is 1.68. The van der Waals surface area contributed by atoms with Crippen LogP contribution in [0.4, 0.5) is 0 Å². The quantitative estimate of drug-likeness (QED) is 0.880. The summed E-state index contributed by atoms with van der Waals surface area (Å²) in [5, 5.41) is 11.0. The van der Waals surface area contributed by atoms with E-state index in [-0.39, 0.29) is 6.04 Å². The largest absolute Gasteiger partial charge is 0.493 e. The highest BCUT2D eigenvalue weighted by molar-refractivity contribution is 7.09. The van der Waals surface area contributed by atoms with Crippen molar-refractivity contribution in [3.8, 4) is 5.75 Å². The Morgan fingerprint density at radius 1 is 1.53 bits per heavy atom. The second kappa shape index (κ2) is 6.16. The Bertz CT molecular complexity index is 534. The van der Waals surface area contributed by atoms with E-state index < -0.39 is 0 Å². The molecule has 0 radical (unpaired) electrons. The number of hydrogen-bond donors (Lipinski definition) is 1. The minimum absolute atomic E-state index is 0.161. The minimum atomic E-state index is 0.161. The average Bonchev–Trinajstić information content (AvgIpc) is 2.95. The number of ether oxygens (including phenoxy) is 1. The third-order valence-corrected chi connectivity index (χ3v) is 3.85. The molecule has 0 aliphatic carbocycles. The zero-order valence-corrected chi connectivity index (χ0v) is 12.6. The van der Waals surface area contributed by atoms with Gasteiger partial charge < -0.3 is 10.1 Å². The SMILES string of the molecule is CCNC(Cc1csc(C)n1)c1c(OC)cnn1C. The van der Waals surface area contributed by atoms with Gasteiger partial charge in [0, 0.05) is 18.8 Å². The van der Waals surface area contributed by atoms with E-state index in [4.69, 9.17) is 4.74 Å². The molecule has 5 nitrogen and oxygen atoms in total. The summed E-state index contributed by atoms with van der Waals surface area (Å²) in [5.74, 6) is 0.820. The molecule has 0 aromatic carbocycles. The fourth-order valence-corrected chi connectivity index (χ4v) is 2.83. The number of thiazole rings is 1. The van der Waals surface area contributed by atoms with Crippen molar-refractivity contribution in [3.05, 3.63) is 28.0 Å². The molecule has 0 amide bonds. The minimum Gasteiger partial charge on any atom is -0.493 e. The highest BCUT2D eigenvalue weighted by Gasteiger charge is 2.21. The highest BCUT2D eigenvalue weighted by Crippen LogP contribution is 2.27. The lowest BCUT2D eigenvalue weighted by Crippen LogP contribution is -2.25. The first-order valence-electron chi connectivity index (χ1n) is 6.36. The van der Waals surface area contributed by atoms with Crippen LogP contribution in [0, 0.1) is 6.92 Å². The van der Waals surface area contributed by atoms with E-state index in [1.165, 1.54) is 0 Å². The van der Waals surface area contributed by atoms with Crippen molar-refractivity contribution in [1.82, 2.24) is 20.1 Å². The smallest absolute Gasteiger partial charge is 0.161 e. The van der Waals surface area contributed by atoms with Gasteiger partial charge in [-0.25, -0.2) is 4.98 Å². The number of nitrogens with zero attached hydrogens (tertiary/aromatic N) is 3. The van der Waals surface area contributed by atoms with Gasteiger partial charge in [0.2, 0.25) is 0 Å². The first-order chi connectivity index (χ1) is 9.15. The Kier molecular flexibility index (Phi) is 4.55. The molecule has 2 aromatic heterocycles. The zero-order valence-electron chi connectivity index (χ0n) is 11.8. The monoisotopic (exact) mass is 280 g/mol. The summed E-state index contributed by atoms with van der Waals surface area (Å²) < 4.78 is 7.26. The lowest BCUT2D eigenvalue weighted by atomic mass is 10.1. The van der Waals surface area contributed by atoms with E-state index in [1.54, 1.807) is 24.6 Å². The fraction of sp³-hybridized carbons (Fsp3) is 0.538. The predicted molar refractivity (Wildman–Crippen MR) is 76.7 cm³/mol. The van der Waals surface area contributed by atoms with Crippen LogP contribution in [-0.4, -0.2) is 28.4 Å². The van der Waals surface area contributed by atoms with Crippen molar-refractivity contribution >= 4 is 11.3 Å². The van der Waals surface area contributed by atoms with E-state index in [1.807, 2.05) is 18.7 Å². The summed E-state index contributed by atoms with van der Waals surface area (Å²) in [7, 11) is 3.62. The molecule has 1 N–H and O–H groups in total. The summed E-state index contributed by atoms with van der Waals surface area (Å²) in [6, 6.07) is 0.161. The number of methoxy groups -OCH3 is 1. The van der Waals surface area contributed by atoms with Gasteiger partial charge in [-0.05, 0) is 13.5 Å². The second-order valence-electron chi connectivity index (χ2n) is 4.39. The van der Waals surface area contributed by atoms with Gasteiger partial charge in [0.1, 0.15) is 0 Å². The number of aromatic nitrogens is 3. The van der Waals surface area contributed by atoms with E-state index in [0.29, 0.717) is 0 Å². The van der Waals surface area contributed by atoms with Crippen LogP contribution in [0.2, 0.25) is 0 Å². The van der Waals surface area contributed by atoms with Crippen LogP contribution < -0.4 is 10.1 Å². The lowest BCUT2D eigenvalue weighted by Gasteiger charge is -2.18. The molecule has 0 aliphatic heterocycles. The molecule has 0 spiro atoms. The molecule has 2 aromatic rings. The molecule has 0 fully saturated rings. The maximum atomic E-state index is 5.40. The van der Waals surface area contributed by atoms with Gasteiger partial charge in [-0.3, -0.25) is 4.68 Å². The molecule has 1 unspecified atom stereocenters. The van der Waals surface area contributed by atoms with Crippen LogP contribution in [0.1, 0.15) is 29.4 Å². The number of hydrogen-bond acceptors (Lipinski definition) is 5. The van der Waals surface area contributed by atoms with Crippen LogP contribution in [0.25, 0.3) is 0 Å². The Hall–Kier alpha value is -1.40. The fourth-order valence-electron chi connectivity index (χ4n) is 2.20. The van der Waals surface area contributed by atoms with Gasteiger partial charge in [-0.15, -0.1) is 11.3 Å². The summed E-state index contributed by atoms with van der Waals surface area (Å²) in [5.41, 5.74) is 2.17. The maximum absolute atomic E-state index is 5.40. The Morgan fingerprint density at radius 3 is 2.89 bits per heavy atom. The maximum Gasteiger partial charge on any atom is 0.161 e. The normalized spacial score (nSPS) is 12.6. The molecular formula is C13H20N4OS. The van der Waals surface area contributed by atoms with Crippen molar-refractivity contribution in [2.45, 2.75) is 26.3 Å². The van der Waals surface area contributed by atoms with Crippen molar-refractivity contribution in [1.29, 1.82) is 0 Å². The molecule has 0 bridgehead atoms. The molecule has 19 heavy (non-hydrogen) atoms. The number of rotatable bonds is 6. The van der Waals surface area contributed by atoms with E-state index in [2.05, 4.69) is 27.7 Å². The van der Waals surface area contributed by atoms with Crippen molar-refractivity contribution in [2.24, 2.45) is 7.05 Å². The Balaban J connectivity index is 2.26. The van der Waals surface area contributed by atoms with Crippen LogP contribution in [0.3, 0.4) is 0 Å². The standard InChI is InChI=1S/C13H20N4OS/c1-5-14-11(6-10-8-19-9(2)16-10)13-12(18-4)7-15-17(13)3/h7-8,11,14H,5-6H2,1-4H3. The van der Waals surface area contributed by atoms with Gasteiger partial charge >= 0.3 is 0 Å². The first-order valence-corrected chi connectivity index (χ1v) is 7.24. The van der Waals surface area contributed by atoms with Crippen LogP contribution in [0.5, 0.6) is 5.75 Å². The van der Waals surface area contributed by atoms with Crippen molar-refractivity contribution in [2.75, 3.05) is 13.7 Å². The molecule has 104 valence electrons. The van der Waals surface area contributed by atoms with Crippen molar-refractivity contribution in [3.63, 3.8) is 0 Å². The van der Waals surface area contributed by atoms with Gasteiger partial charge in [0.05, 0.1) is 35.7 Å². The summed E-state index contributed by atoms with van der Waals surface area (Å²) in [6.45, 7) is 5.02. The number of aryl methyl sites for hydroxylation is 2. The van der Waals surface area contributed by atoms with E-state index in [9.17, 15) is 0 Å². The molecule has 0 saturated heterocycles. The third kappa shape index (κ3) is 3.13. The van der Waals surface area contributed by atoms with E-state index in [0.717, 1.165) is 35.1 Å². The predicted octanol–water partition coefficient (Wildman–Crippen LogP) is 2.09. The second-order valence-corrected chi connectivity index (χ2v) is 5.46. The zero-order chi connectivity index (χ0) is 13.8. The molecule has 1 atom stereocenters. The van der Waals surface area contributed by atoms with Crippen LogP contribution >= 0.6 is 11.3 Å². The first kappa shape index (κ1) is 14.0. The van der Waals surface area contributed by atoms with Crippen LogP contribution in [0.15, 0.2) is 11.6 Å². The molecule has 2 heterocycles. The number of nitrogens with one attached hydrogen (secondary N) is 1. The topological polar surface area (TPSA) is 52.0 Å². The summed E-state index contributed by atoms with van der Waals surface area (Å²) in [6.07, 6.45) is 2.60. The van der Waals surface area contributed by atoms with Crippen molar-refractivity contribution < 1.29 is 4.74 Å². The third-order valence-electron chi connectivity index (χ3n) is 3.03. The summed E-state index contributed by atoms with van der Waals surface area (Å²) in [4.78, 5) is 4.54. The van der Waals surface area contributed by atoms with Crippen LogP contribution in [-0.2, 0) is 13.5 Å². The van der Waals surface area contributed by atoms with Gasteiger partial charge in [0.15, 0.2) is 5.75 Å². The Labute approximate surface area is 117 Å². The molecule has 0 saturated carbocycles. The number of likely N-dealkylation sites (N-methyl/N-ethyl adjacent to an activating group) is 1. The average molecular weight is 280 g/mol. The molecule has 2 rings (SSSR count). The van der Waals surface area contributed by atoms with Gasteiger partial charge in [-0.1, -0.05) is 6.92 Å². The Morgan fingerprint density at radius 2 is 2.32 bits per heavy atom. The van der Waals surface area contributed by atoms with E-state index >= 15 is 0 Å². The van der Waals surface area contributed by atoms with Gasteiger partial charge in [-0.2, -0.15) is 5.10 Å². The highest BCUT2D eigenvalue weighted by atomic mass is 32.1.